The molecule has 1 heterocycles. The van der Waals surface area contributed by atoms with Crippen LogP contribution in [0, 0.1) is 10.1 Å². The Bertz CT molecular complexity index is 415. The van der Waals surface area contributed by atoms with Crippen molar-refractivity contribution in [3.8, 4) is 0 Å². The average Bonchev–Trinajstić information content (AvgIpc) is 2.49. The van der Waals surface area contributed by atoms with Gasteiger partial charge in [-0.1, -0.05) is 15.9 Å². The zero-order valence-electron chi connectivity index (χ0n) is 6.53. The highest BCUT2D eigenvalue weighted by molar-refractivity contribution is 9.10. The van der Waals surface area contributed by atoms with Crippen LogP contribution >= 0.6 is 15.9 Å². The second-order valence-electron chi connectivity index (χ2n) is 2.72. The van der Waals surface area contributed by atoms with Crippen molar-refractivity contribution >= 4 is 27.8 Å². The minimum atomic E-state index is -0.388. The highest BCUT2D eigenvalue weighted by atomic mass is 79.9. The van der Waals surface area contributed by atoms with Crippen LogP contribution in [0.25, 0.3) is 0 Å². The Morgan fingerprint density at radius 3 is 3.00 bits per heavy atom. The van der Waals surface area contributed by atoms with Gasteiger partial charge in [0.1, 0.15) is 0 Å². The number of halogens is 1. The second kappa shape index (κ2) is 2.92. The van der Waals surface area contributed by atoms with E-state index < -0.39 is 0 Å². The van der Waals surface area contributed by atoms with Crippen LogP contribution in [0.15, 0.2) is 21.6 Å². The third-order valence-electron chi connectivity index (χ3n) is 1.89. The fourth-order valence-electron chi connectivity index (χ4n) is 1.32. The smallest absolute Gasteiger partial charge is 0.279 e. The normalized spacial score (nSPS) is 13.0. The summed E-state index contributed by atoms with van der Waals surface area (Å²) in [4.78, 5) is 14.2. The molecule has 2 rings (SSSR count). The van der Waals surface area contributed by atoms with Crippen molar-refractivity contribution in [2.24, 2.45) is 4.99 Å². The van der Waals surface area contributed by atoms with Crippen molar-refractivity contribution in [1.82, 2.24) is 0 Å². The summed E-state index contributed by atoms with van der Waals surface area (Å²) in [5.41, 5.74) is 1.65. The van der Waals surface area contributed by atoms with Gasteiger partial charge in [-0.25, -0.2) is 0 Å². The van der Waals surface area contributed by atoms with Gasteiger partial charge in [0, 0.05) is 16.8 Å². The summed E-state index contributed by atoms with van der Waals surface area (Å²) in [6.07, 6.45) is 1.56. The van der Waals surface area contributed by atoms with Crippen molar-refractivity contribution in [2.45, 2.75) is 6.54 Å². The van der Waals surface area contributed by atoms with Gasteiger partial charge in [-0.05, 0) is 11.6 Å². The van der Waals surface area contributed by atoms with Crippen molar-refractivity contribution < 1.29 is 4.92 Å². The molecule has 1 aromatic rings. The largest absolute Gasteiger partial charge is 0.288 e. The Morgan fingerprint density at radius 2 is 2.31 bits per heavy atom. The summed E-state index contributed by atoms with van der Waals surface area (Å²) < 4.78 is 0.725. The Hall–Kier alpha value is -1.23. The van der Waals surface area contributed by atoms with Crippen LogP contribution in [0.1, 0.15) is 11.1 Å². The van der Waals surface area contributed by atoms with E-state index in [9.17, 15) is 10.1 Å². The van der Waals surface area contributed by atoms with Crippen molar-refractivity contribution in [3.63, 3.8) is 0 Å². The van der Waals surface area contributed by atoms with E-state index in [1.807, 2.05) is 6.07 Å². The Labute approximate surface area is 82.6 Å². The minimum absolute atomic E-state index is 0.116. The predicted octanol–water partition coefficient (Wildman–Crippen LogP) is 2.29. The Kier molecular flexibility index (Phi) is 1.88. The van der Waals surface area contributed by atoms with Crippen LogP contribution in [-0.2, 0) is 6.54 Å². The molecule has 5 heteroatoms. The van der Waals surface area contributed by atoms with Gasteiger partial charge in [-0.15, -0.1) is 0 Å². The van der Waals surface area contributed by atoms with Gasteiger partial charge >= 0.3 is 0 Å². The molecule has 66 valence electrons. The third kappa shape index (κ3) is 1.35. The van der Waals surface area contributed by atoms with E-state index in [4.69, 9.17) is 0 Å². The molecule has 0 aromatic heterocycles. The number of aliphatic imine (C=N–C) groups is 1. The molecule has 4 nitrogen and oxygen atoms in total. The molecule has 1 aliphatic heterocycles. The van der Waals surface area contributed by atoms with Crippen molar-refractivity contribution in [3.05, 3.63) is 37.8 Å². The molecule has 1 aromatic carbocycles. The van der Waals surface area contributed by atoms with Crippen molar-refractivity contribution in [2.75, 3.05) is 0 Å². The van der Waals surface area contributed by atoms with Gasteiger partial charge < -0.3 is 0 Å². The number of nitrogens with zero attached hydrogens (tertiary/aromatic N) is 2. The molecule has 0 unspecified atom stereocenters. The zero-order chi connectivity index (χ0) is 9.42. The number of hydrogen-bond acceptors (Lipinski definition) is 3. The molecular weight excluding hydrogens is 236 g/mol. The number of benzene rings is 1. The van der Waals surface area contributed by atoms with Crippen LogP contribution in [-0.4, -0.2) is 11.1 Å². The summed E-state index contributed by atoms with van der Waals surface area (Å²) in [5.74, 6) is 0. The maximum atomic E-state index is 10.6. The summed E-state index contributed by atoms with van der Waals surface area (Å²) in [6.45, 7) is 0.537. The molecule has 0 bridgehead atoms. The fraction of sp³-hybridized carbons (Fsp3) is 0.125. The monoisotopic (exact) mass is 240 g/mol. The maximum Gasteiger partial charge on any atom is 0.279 e. The third-order valence-corrected chi connectivity index (χ3v) is 2.35. The van der Waals surface area contributed by atoms with Gasteiger partial charge in [-0.3, -0.25) is 15.1 Å². The molecule has 0 aliphatic carbocycles. The summed E-state index contributed by atoms with van der Waals surface area (Å²) >= 11 is 3.22. The van der Waals surface area contributed by atoms with Gasteiger partial charge in [0.2, 0.25) is 0 Å². The van der Waals surface area contributed by atoms with Gasteiger partial charge in [-0.2, -0.15) is 0 Å². The molecular formula is C8H5BrN2O2. The maximum absolute atomic E-state index is 10.6. The first kappa shape index (κ1) is 8.37. The molecule has 0 saturated carbocycles. The fourth-order valence-corrected chi connectivity index (χ4v) is 1.82. The van der Waals surface area contributed by atoms with E-state index in [0.29, 0.717) is 12.1 Å². The molecule has 0 saturated heterocycles. The standard InChI is InChI=1S/C8H5BrN2O2/c9-6-1-5-3-10-4-7(5)8(2-6)11(12)13/h1-2,4H,3H2. The predicted molar refractivity (Wildman–Crippen MR) is 52.1 cm³/mol. The first-order chi connectivity index (χ1) is 6.18. The van der Waals surface area contributed by atoms with E-state index in [1.54, 1.807) is 6.21 Å². The topological polar surface area (TPSA) is 55.5 Å². The van der Waals surface area contributed by atoms with Crippen LogP contribution in [0.2, 0.25) is 0 Å². The lowest BCUT2D eigenvalue weighted by atomic mass is 10.1. The molecule has 13 heavy (non-hydrogen) atoms. The Morgan fingerprint density at radius 1 is 1.54 bits per heavy atom. The number of nitro benzene ring substituents is 1. The Balaban J connectivity index is 2.67. The van der Waals surface area contributed by atoms with E-state index in [-0.39, 0.29) is 10.6 Å². The molecule has 0 spiro atoms. The highest BCUT2D eigenvalue weighted by Gasteiger charge is 2.19. The molecule has 0 atom stereocenters. The summed E-state index contributed by atoms with van der Waals surface area (Å²) in [6, 6.07) is 3.35. The van der Waals surface area contributed by atoms with E-state index in [0.717, 1.165) is 10.0 Å². The van der Waals surface area contributed by atoms with Gasteiger partial charge in [0.15, 0.2) is 0 Å². The zero-order valence-corrected chi connectivity index (χ0v) is 8.11. The van der Waals surface area contributed by atoms with Crippen LogP contribution in [0.3, 0.4) is 0 Å². The van der Waals surface area contributed by atoms with Crippen LogP contribution < -0.4 is 0 Å². The molecule has 0 radical (unpaired) electrons. The molecule has 0 amide bonds. The van der Waals surface area contributed by atoms with E-state index >= 15 is 0 Å². The molecule has 1 aliphatic rings. The number of nitro groups is 1. The lowest BCUT2D eigenvalue weighted by Gasteiger charge is -1.99. The van der Waals surface area contributed by atoms with Crippen LogP contribution in [0.5, 0.6) is 0 Å². The second-order valence-corrected chi connectivity index (χ2v) is 3.64. The molecule has 0 N–H and O–H groups in total. The molecule has 0 fully saturated rings. The first-order valence-corrected chi connectivity index (χ1v) is 4.44. The lowest BCUT2D eigenvalue weighted by molar-refractivity contribution is -0.385. The summed E-state index contributed by atoms with van der Waals surface area (Å²) in [7, 11) is 0. The van der Waals surface area contributed by atoms with Crippen LogP contribution in [0.4, 0.5) is 5.69 Å². The van der Waals surface area contributed by atoms with Gasteiger partial charge in [0.05, 0.1) is 17.0 Å². The quantitative estimate of drug-likeness (QED) is 0.559. The lowest BCUT2D eigenvalue weighted by Crippen LogP contribution is -1.95. The SMILES string of the molecule is O=[N+]([O-])c1cc(Br)cc2c1C=NC2. The number of fused-ring (bicyclic) bond motifs is 1. The highest BCUT2D eigenvalue weighted by Crippen LogP contribution is 2.29. The number of rotatable bonds is 1. The van der Waals surface area contributed by atoms with Crippen molar-refractivity contribution in [1.29, 1.82) is 0 Å². The van der Waals surface area contributed by atoms with E-state index in [1.165, 1.54) is 6.07 Å². The number of hydrogen-bond donors (Lipinski definition) is 0. The minimum Gasteiger partial charge on any atom is -0.288 e. The first-order valence-electron chi connectivity index (χ1n) is 3.65. The van der Waals surface area contributed by atoms with Gasteiger partial charge in [0.25, 0.3) is 5.69 Å². The summed E-state index contributed by atoms with van der Waals surface area (Å²) in [5, 5.41) is 10.6. The average molecular weight is 241 g/mol. The van der Waals surface area contributed by atoms with E-state index in [2.05, 4.69) is 20.9 Å².